The summed E-state index contributed by atoms with van der Waals surface area (Å²) in [5, 5.41) is 0. The summed E-state index contributed by atoms with van der Waals surface area (Å²) in [6, 6.07) is 1.67. The first kappa shape index (κ1) is 11.0. The van der Waals surface area contributed by atoms with Crippen LogP contribution in [0.3, 0.4) is 0 Å². The number of hydrogen-bond acceptors (Lipinski definition) is 6. The highest BCUT2D eigenvalue weighted by Crippen LogP contribution is 2.13. The summed E-state index contributed by atoms with van der Waals surface area (Å²) >= 11 is 10.2. The summed E-state index contributed by atoms with van der Waals surface area (Å²) in [4.78, 5) is 22.2. The number of nitrogens with zero attached hydrogens (tertiary/aromatic N) is 5. The molecule has 0 aliphatic heterocycles. The fourth-order valence-corrected chi connectivity index (χ4v) is 1.72. The van der Waals surface area contributed by atoms with E-state index in [4.69, 9.17) is 24.6 Å². The number of nitrogens with one attached hydrogen (secondary N) is 2. The van der Waals surface area contributed by atoms with Crippen molar-refractivity contribution in [3.8, 4) is 0 Å². The van der Waals surface area contributed by atoms with Gasteiger partial charge in [-0.1, -0.05) is 0 Å². The number of hydrogen-bond donors (Lipinski definition) is 2. The zero-order chi connectivity index (χ0) is 12.5. The van der Waals surface area contributed by atoms with Gasteiger partial charge < -0.3 is 4.98 Å². The Morgan fingerprint density at radius 1 is 1.22 bits per heavy atom. The minimum Gasteiger partial charge on any atom is -0.340 e. The standard InChI is InChI=1S/C9H5N7S2/c17-6-1-2-10-8(14-6)16(18)9-11-3-5-7(15-9)13-4-12-5/h1-4H,(H-,10,11,12,13,14,15,17,18)/p+1. The van der Waals surface area contributed by atoms with Crippen molar-refractivity contribution in [2.75, 3.05) is 0 Å². The van der Waals surface area contributed by atoms with Crippen LogP contribution >= 0.6 is 12.2 Å². The van der Waals surface area contributed by atoms with Gasteiger partial charge in [0.25, 0.3) is 0 Å². The lowest BCUT2D eigenvalue weighted by Crippen LogP contribution is -2.07. The van der Waals surface area contributed by atoms with Gasteiger partial charge >= 0.3 is 11.9 Å². The van der Waals surface area contributed by atoms with Crippen LogP contribution in [0.1, 0.15) is 0 Å². The lowest BCUT2D eigenvalue weighted by Gasteiger charge is -1.96. The number of fused-ring (bicyclic) bond motifs is 1. The molecule has 2 N–H and O–H groups in total. The molecule has 3 heterocycles. The number of rotatable bonds is 2. The van der Waals surface area contributed by atoms with Gasteiger partial charge in [0.1, 0.15) is 16.4 Å². The van der Waals surface area contributed by atoms with Crippen molar-refractivity contribution in [3.05, 3.63) is 29.4 Å². The van der Waals surface area contributed by atoms with Crippen LogP contribution in [0.4, 0.5) is 11.9 Å². The van der Waals surface area contributed by atoms with Gasteiger partial charge in [0.05, 0.1) is 24.9 Å². The van der Waals surface area contributed by atoms with Crippen molar-refractivity contribution in [1.29, 1.82) is 0 Å². The van der Waals surface area contributed by atoms with Crippen LogP contribution in [0, 0.1) is 4.64 Å². The lowest BCUT2D eigenvalue weighted by atomic mass is 10.5. The first-order valence-corrected chi connectivity index (χ1v) is 5.70. The second-order valence-electron chi connectivity index (χ2n) is 3.36. The van der Waals surface area contributed by atoms with Gasteiger partial charge in [-0.3, -0.25) is 4.98 Å². The summed E-state index contributed by atoms with van der Waals surface area (Å²) in [7, 11) is 0. The van der Waals surface area contributed by atoms with Crippen molar-refractivity contribution in [3.63, 3.8) is 0 Å². The number of imidazole rings is 1. The molecule has 0 aliphatic rings. The summed E-state index contributed by atoms with van der Waals surface area (Å²) in [5.74, 6) is 0.710. The van der Waals surface area contributed by atoms with Crippen LogP contribution in [0.5, 0.6) is 0 Å². The van der Waals surface area contributed by atoms with Gasteiger partial charge in [-0.2, -0.15) is 0 Å². The Balaban J connectivity index is 2.08. The molecule has 9 heteroatoms. The molecule has 3 rings (SSSR count). The number of H-pyrrole nitrogens is 2. The minimum atomic E-state index is 0.314. The smallest absolute Gasteiger partial charge is 0.340 e. The highest BCUT2D eigenvalue weighted by atomic mass is 32.1. The highest BCUT2D eigenvalue weighted by molar-refractivity contribution is 7.71. The average molecular weight is 276 g/mol. The van der Waals surface area contributed by atoms with Crippen molar-refractivity contribution >= 4 is 47.7 Å². The van der Waals surface area contributed by atoms with E-state index in [0.29, 0.717) is 22.2 Å². The molecule has 88 valence electrons. The third kappa shape index (κ3) is 1.89. The van der Waals surface area contributed by atoms with Crippen molar-refractivity contribution < 1.29 is 0 Å². The maximum absolute atomic E-state index is 5.20. The van der Waals surface area contributed by atoms with Crippen LogP contribution < -0.4 is 3.95 Å². The predicted molar refractivity (Wildman–Crippen MR) is 69.9 cm³/mol. The molecule has 0 bridgehead atoms. The molecule has 0 unspecified atom stereocenters. The Morgan fingerprint density at radius 2 is 2.11 bits per heavy atom. The fraction of sp³-hybridized carbons (Fsp3) is 0. The first-order chi connectivity index (χ1) is 8.74. The summed E-state index contributed by atoms with van der Waals surface area (Å²) in [6.45, 7) is 0. The fourth-order valence-electron chi connectivity index (χ4n) is 1.38. The molecule has 3 aromatic rings. The average Bonchev–Trinajstić information content (AvgIpc) is 2.85. The van der Waals surface area contributed by atoms with Gasteiger partial charge in [-0.15, -0.1) is 18.9 Å². The van der Waals surface area contributed by atoms with Gasteiger partial charge in [0.2, 0.25) is 5.65 Å². The molecular formula is C9H6N7S2+. The van der Waals surface area contributed by atoms with Crippen molar-refractivity contribution in [2.24, 2.45) is 0 Å². The first-order valence-electron chi connectivity index (χ1n) is 4.93. The van der Waals surface area contributed by atoms with E-state index in [0.717, 1.165) is 5.52 Å². The molecule has 0 radical (unpaired) electrons. The molecule has 0 saturated heterocycles. The third-order valence-corrected chi connectivity index (χ3v) is 2.77. The van der Waals surface area contributed by atoms with Crippen LogP contribution in [0.15, 0.2) is 24.8 Å². The minimum absolute atomic E-state index is 0.314. The van der Waals surface area contributed by atoms with Gasteiger partial charge in [-0.25, -0.2) is 4.98 Å². The Labute approximate surface area is 111 Å². The Hall–Kier alpha value is -2.13. The van der Waals surface area contributed by atoms with Crippen LogP contribution in [-0.4, -0.2) is 29.9 Å². The van der Waals surface area contributed by atoms with E-state index >= 15 is 0 Å². The van der Waals surface area contributed by atoms with Crippen LogP contribution in [0.25, 0.3) is 11.2 Å². The maximum atomic E-state index is 5.20. The quantitative estimate of drug-likeness (QED) is 0.543. The normalized spacial score (nSPS) is 10.7. The van der Waals surface area contributed by atoms with Crippen molar-refractivity contribution in [2.45, 2.75) is 0 Å². The van der Waals surface area contributed by atoms with E-state index in [-0.39, 0.29) is 0 Å². The summed E-state index contributed by atoms with van der Waals surface area (Å²) in [6.07, 6.45) is 4.73. The second kappa shape index (κ2) is 4.27. The summed E-state index contributed by atoms with van der Waals surface area (Å²) in [5.41, 5.74) is 1.29. The molecule has 0 saturated carbocycles. The molecule has 0 amide bonds. The second-order valence-corrected chi connectivity index (χ2v) is 4.17. The predicted octanol–water partition coefficient (Wildman–Crippen LogP) is 1.37. The van der Waals surface area contributed by atoms with E-state index in [1.54, 1.807) is 24.8 Å². The lowest BCUT2D eigenvalue weighted by molar-refractivity contribution is 0.914. The van der Waals surface area contributed by atoms with Crippen LogP contribution in [-0.2, 0) is 12.4 Å². The molecule has 0 aliphatic carbocycles. The summed E-state index contributed by atoms with van der Waals surface area (Å²) < 4.78 is 1.83. The molecule has 3 aromatic heterocycles. The number of aromatic nitrogens is 6. The van der Waals surface area contributed by atoms with E-state index in [9.17, 15) is 0 Å². The number of aromatic amines is 2. The topological polar surface area (TPSA) is 86.2 Å². The van der Waals surface area contributed by atoms with Gasteiger partial charge in [0, 0.05) is 6.07 Å². The zero-order valence-electron chi connectivity index (χ0n) is 8.86. The van der Waals surface area contributed by atoms with E-state index < -0.39 is 0 Å². The largest absolute Gasteiger partial charge is 0.374 e. The zero-order valence-corrected chi connectivity index (χ0v) is 10.5. The molecule has 0 aromatic carbocycles. The Bertz CT molecular complexity index is 790. The van der Waals surface area contributed by atoms with E-state index in [2.05, 4.69) is 29.9 Å². The molecule has 0 fully saturated rings. The third-order valence-electron chi connectivity index (χ3n) is 2.19. The highest BCUT2D eigenvalue weighted by Gasteiger charge is 2.16. The Kier molecular flexibility index (Phi) is 2.61. The van der Waals surface area contributed by atoms with E-state index in [1.165, 1.54) is 3.95 Å². The molecule has 7 nitrogen and oxygen atoms in total. The van der Waals surface area contributed by atoms with Gasteiger partial charge in [-0.05, 0) is 12.2 Å². The molecule has 0 atom stereocenters. The molecule has 0 spiro atoms. The van der Waals surface area contributed by atoms with E-state index in [1.807, 2.05) is 0 Å². The van der Waals surface area contributed by atoms with Crippen molar-refractivity contribution in [1.82, 2.24) is 33.8 Å². The van der Waals surface area contributed by atoms with Gasteiger partial charge in [0.15, 0.2) is 0 Å². The monoisotopic (exact) mass is 276 g/mol. The van der Waals surface area contributed by atoms with Crippen LogP contribution in [0.2, 0.25) is 0 Å². The molecule has 18 heavy (non-hydrogen) atoms. The Morgan fingerprint density at radius 3 is 2.94 bits per heavy atom. The SMILES string of the molecule is S=c1ccnc([N+](=S)c2ncc3[nH]cnc3n2)[nH]1. The maximum Gasteiger partial charge on any atom is 0.374 e. The molecular weight excluding hydrogens is 270 g/mol.